The summed E-state index contributed by atoms with van der Waals surface area (Å²) < 4.78 is 11.0. The summed E-state index contributed by atoms with van der Waals surface area (Å²) >= 11 is 0. The molecule has 1 aromatic carbocycles. The fourth-order valence-corrected chi connectivity index (χ4v) is 2.19. The van der Waals surface area contributed by atoms with Crippen LogP contribution in [0.4, 0.5) is 0 Å². The SMILES string of the molecule is COc1cc2c(cc1OC(C)C)C[C@H](C)C2=O. The molecular formula is C14H18O3. The van der Waals surface area contributed by atoms with Crippen LogP contribution in [0, 0.1) is 5.92 Å². The first kappa shape index (κ1) is 12.0. The number of benzene rings is 1. The van der Waals surface area contributed by atoms with E-state index < -0.39 is 0 Å². The van der Waals surface area contributed by atoms with Crippen LogP contribution >= 0.6 is 0 Å². The predicted molar refractivity (Wildman–Crippen MR) is 66.0 cm³/mol. The van der Waals surface area contributed by atoms with Crippen molar-refractivity contribution in [2.45, 2.75) is 33.3 Å². The second kappa shape index (κ2) is 4.40. The summed E-state index contributed by atoms with van der Waals surface area (Å²) in [5, 5.41) is 0. The fraction of sp³-hybridized carbons (Fsp3) is 0.500. The normalized spacial score (nSPS) is 18.4. The molecule has 0 spiro atoms. The van der Waals surface area contributed by atoms with Crippen molar-refractivity contribution in [3.05, 3.63) is 23.3 Å². The van der Waals surface area contributed by atoms with Gasteiger partial charge < -0.3 is 9.47 Å². The van der Waals surface area contributed by atoms with E-state index in [0.717, 1.165) is 23.3 Å². The third-order valence-electron chi connectivity index (χ3n) is 2.99. The van der Waals surface area contributed by atoms with Crippen molar-refractivity contribution in [1.82, 2.24) is 0 Å². The lowest BCUT2D eigenvalue weighted by Crippen LogP contribution is -2.07. The average Bonchev–Trinajstić information content (AvgIpc) is 2.53. The Bertz CT molecular complexity index is 449. The molecule has 0 unspecified atom stereocenters. The minimum absolute atomic E-state index is 0.0732. The summed E-state index contributed by atoms with van der Waals surface area (Å²) in [5.41, 5.74) is 1.85. The quantitative estimate of drug-likeness (QED) is 0.806. The minimum Gasteiger partial charge on any atom is -0.493 e. The van der Waals surface area contributed by atoms with E-state index in [0.29, 0.717) is 5.75 Å². The van der Waals surface area contributed by atoms with Gasteiger partial charge >= 0.3 is 0 Å². The van der Waals surface area contributed by atoms with Gasteiger partial charge in [-0.1, -0.05) is 6.92 Å². The maximum atomic E-state index is 11.9. The van der Waals surface area contributed by atoms with Crippen molar-refractivity contribution in [2.24, 2.45) is 5.92 Å². The van der Waals surface area contributed by atoms with E-state index in [9.17, 15) is 4.79 Å². The first-order valence-electron chi connectivity index (χ1n) is 5.94. The van der Waals surface area contributed by atoms with Crippen LogP contribution in [0.25, 0.3) is 0 Å². The van der Waals surface area contributed by atoms with Crippen molar-refractivity contribution in [2.75, 3.05) is 7.11 Å². The highest BCUT2D eigenvalue weighted by Crippen LogP contribution is 2.37. The third kappa shape index (κ3) is 2.14. The number of hydrogen-bond acceptors (Lipinski definition) is 3. The number of hydrogen-bond donors (Lipinski definition) is 0. The molecule has 0 saturated carbocycles. The highest BCUT2D eigenvalue weighted by molar-refractivity contribution is 6.02. The van der Waals surface area contributed by atoms with Crippen LogP contribution in [0.3, 0.4) is 0 Å². The lowest BCUT2D eigenvalue weighted by molar-refractivity contribution is 0.0946. The van der Waals surface area contributed by atoms with Crippen molar-refractivity contribution in [3.63, 3.8) is 0 Å². The zero-order chi connectivity index (χ0) is 12.6. The maximum Gasteiger partial charge on any atom is 0.166 e. The van der Waals surface area contributed by atoms with Gasteiger partial charge in [0, 0.05) is 11.5 Å². The topological polar surface area (TPSA) is 35.5 Å². The first-order valence-corrected chi connectivity index (χ1v) is 5.94. The van der Waals surface area contributed by atoms with Crippen molar-refractivity contribution in [1.29, 1.82) is 0 Å². The van der Waals surface area contributed by atoms with Gasteiger partial charge in [-0.3, -0.25) is 4.79 Å². The van der Waals surface area contributed by atoms with Crippen molar-refractivity contribution < 1.29 is 14.3 Å². The van der Waals surface area contributed by atoms with Crippen molar-refractivity contribution in [3.8, 4) is 11.5 Å². The van der Waals surface area contributed by atoms with Crippen LogP contribution in [0.15, 0.2) is 12.1 Å². The Hall–Kier alpha value is -1.51. The van der Waals surface area contributed by atoms with Gasteiger partial charge in [-0.25, -0.2) is 0 Å². The van der Waals surface area contributed by atoms with Gasteiger partial charge in [-0.05, 0) is 38.0 Å². The number of rotatable bonds is 3. The fourth-order valence-electron chi connectivity index (χ4n) is 2.19. The molecule has 0 amide bonds. The van der Waals surface area contributed by atoms with E-state index >= 15 is 0 Å². The lowest BCUT2D eigenvalue weighted by Gasteiger charge is -2.14. The molecule has 1 aromatic rings. The molecule has 0 saturated heterocycles. The maximum absolute atomic E-state index is 11.9. The third-order valence-corrected chi connectivity index (χ3v) is 2.99. The van der Waals surface area contributed by atoms with Crippen molar-refractivity contribution >= 4 is 5.78 Å². The zero-order valence-corrected chi connectivity index (χ0v) is 10.7. The molecule has 0 heterocycles. The molecule has 0 bridgehead atoms. The summed E-state index contributed by atoms with van der Waals surface area (Å²) in [7, 11) is 1.60. The van der Waals surface area contributed by atoms with Gasteiger partial charge in [0.1, 0.15) is 0 Å². The van der Waals surface area contributed by atoms with Crippen LogP contribution in [0.2, 0.25) is 0 Å². The first-order chi connectivity index (χ1) is 8.02. The average molecular weight is 234 g/mol. The smallest absolute Gasteiger partial charge is 0.166 e. The van der Waals surface area contributed by atoms with E-state index in [-0.39, 0.29) is 17.8 Å². The number of ketones is 1. The molecular weight excluding hydrogens is 216 g/mol. The molecule has 0 N–H and O–H groups in total. The molecule has 1 aliphatic carbocycles. The number of Topliss-reactive ketones (excluding diaryl/α,β-unsaturated/α-hetero) is 1. The monoisotopic (exact) mass is 234 g/mol. The summed E-state index contributed by atoms with van der Waals surface area (Å²) in [6, 6.07) is 3.74. The van der Waals surface area contributed by atoms with Crippen LogP contribution in [-0.4, -0.2) is 19.0 Å². The summed E-state index contributed by atoms with van der Waals surface area (Å²) in [6.45, 7) is 5.90. The molecule has 92 valence electrons. The zero-order valence-electron chi connectivity index (χ0n) is 10.7. The number of methoxy groups -OCH3 is 1. The second-order valence-corrected chi connectivity index (χ2v) is 4.80. The highest BCUT2D eigenvalue weighted by atomic mass is 16.5. The molecule has 3 nitrogen and oxygen atoms in total. The molecule has 0 radical (unpaired) electrons. The molecule has 1 atom stereocenters. The van der Waals surface area contributed by atoms with Gasteiger partial charge in [-0.2, -0.15) is 0 Å². The van der Waals surface area contributed by atoms with Gasteiger partial charge in [0.2, 0.25) is 0 Å². The van der Waals surface area contributed by atoms with Crippen LogP contribution in [0.5, 0.6) is 11.5 Å². The van der Waals surface area contributed by atoms with E-state index in [1.807, 2.05) is 26.8 Å². The number of fused-ring (bicyclic) bond motifs is 1. The Morgan fingerprint density at radius 2 is 2.00 bits per heavy atom. The second-order valence-electron chi connectivity index (χ2n) is 4.80. The van der Waals surface area contributed by atoms with Gasteiger partial charge in [0.25, 0.3) is 0 Å². The lowest BCUT2D eigenvalue weighted by atomic mass is 10.1. The molecule has 1 aliphatic rings. The molecule has 3 heteroatoms. The Morgan fingerprint density at radius 3 is 2.59 bits per heavy atom. The van der Waals surface area contributed by atoms with Gasteiger partial charge in [0.15, 0.2) is 17.3 Å². The molecule has 0 fully saturated rings. The Balaban J connectivity index is 2.44. The predicted octanol–water partition coefficient (Wildman–Crippen LogP) is 2.86. The van der Waals surface area contributed by atoms with Gasteiger partial charge in [-0.15, -0.1) is 0 Å². The van der Waals surface area contributed by atoms with E-state index in [4.69, 9.17) is 9.47 Å². The summed E-state index contributed by atoms with van der Waals surface area (Å²) in [4.78, 5) is 11.9. The summed E-state index contributed by atoms with van der Waals surface area (Å²) in [5.74, 6) is 1.64. The Kier molecular flexibility index (Phi) is 3.09. The van der Waals surface area contributed by atoms with Crippen LogP contribution < -0.4 is 9.47 Å². The standard InChI is InChI=1S/C14H18O3/c1-8(2)17-13-6-10-5-9(3)14(15)11(10)7-12(13)16-4/h6-9H,5H2,1-4H3/t9-/m0/s1. The summed E-state index contributed by atoms with van der Waals surface area (Å²) in [6.07, 6.45) is 0.892. The molecule has 0 aromatic heterocycles. The van der Waals surface area contributed by atoms with Crippen LogP contribution in [-0.2, 0) is 6.42 Å². The molecule has 0 aliphatic heterocycles. The van der Waals surface area contributed by atoms with Gasteiger partial charge in [0.05, 0.1) is 13.2 Å². The van der Waals surface area contributed by atoms with E-state index in [1.165, 1.54) is 0 Å². The van der Waals surface area contributed by atoms with E-state index in [1.54, 1.807) is 13.2 Å². The number of carbonyl (C=O) groups excluding carboxylic acids is 1. The Morgan fingerprint density at radius 1 is 1.29 bits per heavy atom. The minimum atomic E-state index is 0.0732. The molecule has 17 heavy (non-hydrogen) atoms. The van der Waals surface area contributed by atoms with Crippen LogP contribution in [0.1, 0.15) is 36.7 Å². The largest absolute Gasteiger partial charge is 0.493 e. The number of ether oxygens (including phenoxy) is 2. The Labute approximate surface area is 102 Å². The highest BCUT2D eigenvalue weighted by Gasteiger charge is 2.28. The van der Waals surface area contributed by atoms with E-state index in [2.05, 4.69) is 0 Å². The number of carbonyl (C=O) groups is 1. The molecule has 2 rings (SSSR count).